The maximum atomic E-state index is 10.9. The Bertz CT molecular complexity index is 612. The first-order valence-corrected chi connectivity index (χ1v) is 7.75. The lowest BCUT2D eigenvalue weighted by molar-refractivity contribution is -0.142. The van der Waals surface area contributed by atoms with E-state index in [0.717, 1.165) is 38.6 Å². The quantitative estimate of drug-likeness (QED) is 0.791. The lowest BCUT2D eigenvalue weighted by atomic mass is 9.86. The van der Waals surface area contributed by atoms with Crippen LogP contribution in [0.1, 0.15) is 31.2 Å². The van der Waals surface area contributed by atoms with Crippen molar-refractivity contribution in [2.75, 3.05) is 6.54 Å². The molecular formula is C17H22N2O2. The van der Waals surface area contributed by atoms with Gasteiger partial charge < -0.3 is 15.4 Å². The molecule has 0 aliphatic heterocycles. The molecule has 3 N–H and O–H groups in total. The molecular weight excluding hydrogens is 264 g/mol. The summed E-state index contributed by atoms with van der Waals surface area (Å²) in [6.07, 6.45) is 6.66. The maximum absolute atomic E-state index is 10.9. The Kier molecular flexibility index (Phi) is 4.25. The molecule has 0 unspecified atom stereocenters. The molecule has 21 heavy (non-hydrogen) atoms. The topological polar surface area (TPSA) is 65.1 Å². The highest BCUT2D eigenvalue weighted by Gasteiger charge is 2.25. The number of H-pyrrole nitrogens is 1. The first kappa shape index (κ1) is 14.1. The lowest BCUT2D eigenvalue weighted by Crippen LogP contribution is -2.35. The normalized spacial score (nSPS) is 22.5. The monoisotopic (exact) mass is 286 g/mol. The van der Waals surface area contributed by atoms with E-state index in [-0.39, 0.29) is 5.92 Å². The average Bonchev–Trinajstić information content (AvgIpc) is 2.91. The van der Waals surface area contributed by atoms with Crippen molar-refractivity contribution in [3.05, 3.63) is 36.0 Å². The Balaban J connectivity index is 1.48. The van der Waals surface area contributed by atoms with Crippen molar-refractivity contribution in [2.45, 2.75) is 38.1 Å². The third-order valence-electron chi connectivity index (χ3n) is 4.58. The van der Waals surface area contributed by atoms with E-state index in [0.29, 0.717) is 6.04 Å². The number of fused-ring (bicyclic) bond motifs is 1. The van der Waals surface area contributed by atoms with Crippen LogP contribution in [0.5, 0.6) is 0 Å². The molecule has 1 aromatic carbocycles. The predicted molar refractivity (Wildman–Crippen MR) is 83.4 cm³/mol. The highest BCUT2D eigenvalue weighted by Crippen LogP contribution is 2.24. The van der Waals surface area contributed by atoms with E-state index < -0.39 is 5.97 Å². The zero-order valence-corrected chi connectivity index (χ0v) is 12.1. The number of carboxylic acid groups (broad SMARTS) is 1. The van der Waals surface area contributed by atoms with E-state index in [1.54, 1.807) is 0 Å². The molecule has 1 heterocycles. The summed E-state index contributed by atoms with van der Waals surface area (Å²) in [5, 5.41) is 13.9. The van der Waals surface area contributed by atoms with Gasteiger partial charge in [0, 0.05) is 23.1 Å². The summed E-state index contributed by atoms with van der Waals surface area (Å²) in [4.78, 5) is 14.2. The van der Waals surface area contributed by atoms with Crippen LogP contribution < -0.4 is 5.32 Å². The molecule has 0 atom stereocenters. The summed E-state index contributed by atoms with van der Waals surface area (Å²) < 4.78 is 0. The number of aromatic nitrogens is 1. The summed E-state index contributed by atoms with van der Waals surface area (Å²) in [5.74, 6) is -0.760. The molecule has 0 bridgehead atoms. The van der Waals surface area contributed by atoms with Crippen LogP contribution in [0.4, 0.5) is 0 Å². The molecule has 0 radical (unpaired) electrons. The number of carbonyl (C=O) groups is 1. The Morgan fingerprint density at radius 3 is 2.76 bits per heavy atom. The number of para-hydroxylation sites is 1. The van der Waals surface area contributed by atoms with Crippen molar-refractivity contribution in [3.8, 4) is 0 Å². The predicted octanol–water partition coefficient (Wildman–Crippen LogP) is 2.94. The molecule has 3 rings (SSSR count). The molecule has 112 valence electrons. The van der Waals surface area contributed by atoms with Crippen LogP contribution in [0.2, 0.25) is 0 Å². The van der Waals surface area contributed by atoms with Gasteiger partial charge in [0.15, 0.2) is 0 Å². The fourth-order valence-corrected chi connectivity index (χ4v) is 3.29. The van der Waals surface area contributed by atoms with Crippen LogP contribution in [0, 0.1) is 5.92 Å². The number of nitrogens with one attached hydrogen (secondary N) is 2. The van der Waals surface area contributed by atoms with Gasteiger partial charge in [0.2, 0.25) is 0 Å². The second-order valence-electron chi connectivity index (χ2n) is 5.95. The first-order chi connectivity index (χ1) is 10.2. The highest BCUT2D eigenvalue weighted by molar-refractivity contribution is 5.83. The van der Waals surface area contributed by atoms with Gasteiger partial charge in [-0.05, 0) is 50.3 Å². The number of benzene rings is 1. The molecule has 0 saturated heterocycles. The number of hydrogen-bond donors (Lipinski definition) is 3. The SMILES string of the molecule is O=C(O)C1CCC(NCCc2c[nH]c3ccccc23)CC1. The third kappa shape index (κ3) is 3.27. The zero-order valence-electron chi connectivity index (χ0n) is 12.1. The van der Waals surface area contributed by atoms with Gasteiger partial charge in [-0.1, -0.05) is 18.2 Å². The number of rotatable bonds is 5. The van der Waals surface area contributed by atoms with Crippen LogP contribution in [0.15, 0.2) is 30.5 Å². The standard InChI is InChI=1S/C17H22N2O2/c20-17(21)12-5-7-14(8-6-12)18-10-9-13-11-19-16-4-2-1-3-15(13)16/h1-4,11-12,14,18-19H,5-10H2,(H,20,21). The number of carboxylic acids is 1. The van der Waals surface area contributed by atoms with Crippen LogP contribution in [-0.2, 0) is 11.2 Å². The molecule has 1 aromatic heterocycles. The van der Waals surface area contributed by atoms with Gasteiger partial charge in [-0.3, -0.25) is 4.79 Å². The Labute approximate surface area is 124 Å². The van der Waals surface area contributed by atoms with Gasteiger partial charge in [-0.2, -0.15) is 0 Å². The zero-order chi connectivity index (χ0) is 14.7. The van der Waals surface area contributed by atoms with Crippen LogP contribution in [-0.4, -0.2) is 28.6 Å². The van der Waals surface area contributed by atoms with Crippen molar-refractivity contribution in [1.82, 2.24) is 10.3 Å². The number of hydrogen-bond acceptors (Lipinski definition) is 2. The van der Waals surface area contributed by atoms with E-state index in [2.05, 4.69) is 34.7 Å². The van der Waals surface area contributed by atoms with E-state index in [1.165, 1.54) is 16.5 Å². The minimum atomic E-state index is -0.632. The molecule has 1 aliphatic carbocycles. The second kappa shape index (κ2) is 6.31. The first-order valence-electron chi connectivity index (χ1n) is 7.75. The minimum Gasteiger partial charge on any atom is -0.481 e. The van der Waals surface area contributed by atoms with Gasteiger partial charge in [0.05, 0.1) is 5.92 Å². The summed E-state index contributed by atoms with van der Waals surface area (Å²) >= 11 is 0. The van der Waals surface area contributed by atoms with Crippen molar-refractivity contribution in [1.29, 1.82) is 0 Å². The van der Waals surface area contributed by atoms with Crippen LogP contribution in [0.25, 0.3) is 10.9 Å². The highest BCUT2D eigenvalue weighted by atomic mass is 16.4. The van der Waals surface area contributed by atoms with Gasteiger partial charge in [-0.15, -0.1) is 0 Å². The molecule has 1 aliphatic rings. The Morgan fingerprint density at radius 1 is 1.24 bits per heavy atom. The van der Waals surface area contributed by atoms with Crippen LogP contribution >= 0.6 is 0 Å². The van der Waals surface area contributed by atoms with Crippen molar-refractivity contribution >= 4 is 16.9 Å². The Hall–Kier alpha value is -1.81. The molecule has 1 fully saturated rings. The van der Waals surface area contributed by atoms with Crippen molar-refractivity contribution in [2.24, 2.45) is 5.92 Å². The molecule has 0 amide bonds. The lowest BCUT2D eigenvalue weighted by Gasteiger charge is -2.26. The molecule has 2 aromatic rings. The number of aromatic amines is 1. The smallest absolute Gasteiger partial charge is 0.306 e. The fourth-order valence-electron chi connectivity index (χ4n) is 3.29. The van der Waals surface area contributed by atoms with Crippen molar-refractivity contribution < 1.29 is 9.90 Å². The molecule has 4 heteroatoms. The largest absolute Gasteiger partial charge is 0.481 e. The van der Waals surface area contributed by atoms with Crippen molar-refractivity contribution in [3.63, 3.8) is 0 Å². The summed E-state index contributed by atoms with van der Waals surface area (Å²) in [7, 11) is 0. The van der Waals surface area contributed by atoms with Gasteiger partial charge in [-0.25, -0.2) is 0 Å². The summed E-state index contributed by atoms with van der Waals surface area (Å²) in [6, 6.07) is 8.84. The summed E-state index contributed by atoms with van der Waals surface area (Å²) in [5.41, 5.74) is 2.53. The van der Waals surface area contributed by atoms with E-state index in [1.807, 2.05) is 6.07 Å². The summed E-state index contributed by atoms with van der Waals surface area (Å²) in [6.45, 7) is 0.949. The molecule has 4 nitrogen and oxygen atoms in total. The molecule has 0 spiro atoms. The minimum absolute atomic E-state index is 0.128. The number of aliphatic carboxylic acids is 1. The van der Waals surface area contributed by atoms with Gasteiger partial charge >= 0.3 is 5.97 Å². The molecule has 1 saturated carbocycles. The van der Waals surface area contributed by atoms with Gasteiger partial charge in [0.25, 0.3) is 0 Å². The second-order valence-corrected chi connectivity index (χ2v) is 5.95. The Morgan fingerprint density at radius 2 is 2.00 bits per heavy atom. The van der Waals surface area contributed by atoms with E-state index in [4.69, 9.17) is 5.11 Å². The van der Waals surface area contributed by atoms with E-state index >= 15 is 0 Å². The fraction of sp³-hybridized carbons (Fsp3) is 0.471. The van der Waals surface area contributed by atoms with E-state index in [9.17, 15) is 4.79 Å². The third-order valence-corrected chi connectivity index (χ3v) is 4.58. The average molecular weight is 286 g/mol. The van der Waals surface area contributed by atoms with Gasteiger partial charge in [0.1, 0.15) is 0 Å². The maximum Gasteiger partial charge on any atom is 0.306 e. The van der Waals surface area contributed by atoms with Crippen LogP contribution in [0.3, 0.4) is 0 Å².